The number of para-hydroxylation sites is 2. The van der Waals surface area contributed by atoms with Crippen LogP contribution in [0.5, 0.6) is 0 Å². The molecule has 0 bridgehead atoms. The molecule has 0 saturated heterocycles. The smallest absolute Gasteiger partial charge is 0.340 e. The van der Waals surface area contributed by atoms with Gasteiger partial charge in [-0.15, -0.1) is 0 Å². The average Bonchev–Trinajstić information content (AvgIpc) is 2.62. The Balaban J connectivity index is 1.89. The van der Waals surface area contributed by atoms with E-state index in [0.717, 1.165) is 11.6 Å². The molecule has 0 atom stereocenters. The van der Waals surface area contributed by atoms with Gasteiger partial charge < -0.3 is 10.6 Å². The number of anilines is 3. The molecule has 28 heavy (non-hydrogen) atoms. The maximum Gasteiger partial charge on any atom is 0.418 e. The molecule has 0 radical (unpaired) electrons. The van der Waals surface area contributed by atoms with Gasteiger partial charge in [0.2, 0.25) is 0 Å². The van der Waals surface area contributed by atoms with Crippen LogP contribution in [0.25, 0.3) is 0 Å². The summed E-state index contributed by atoms with van der Waals surface area (Å²) in [5, 5.41) is 5.38. The van der Waals surface area contributed by atoms with Crippen molar-refractivity contribution in [3.05, 3.63) is 77.2 Å². The maximum atomic E-state index is 13.2. The van der Waals surface area contributed by atoms with Crippen LogP contribution in [0.1, 0.15) is 27.4 Å². The highest BCUT2D eigenvalue weighted by atomic mass is 19.4. The first-order valence-electron chi connectivity index (χ1n) is 8.40. The monoisotopic (exact) mass is 386 g/mol. The van der Waals surface area contributed by atoms with Crippen LogP contribution in [-0.2, 0) is 6.18 Å². The van der Waals surface area contributed by atoms with Crippen LogP contribution in [0.4, 0.5) is 30.4 Å². The Morgan fingerprint density at radius 2 is 1.57 bits per heavy atom. The van der Waals surface area contributed by atoms with Gasteiger partial charge in [-0.1, -0.05) is 30.3 Å². The third kappa shape index (κ3) is 4.46. The Bertz CT molecular complexity index is 1020. The molecule has 0 spiro atoms. The van der Waals surface area contributed by atoms with Crippen LogP contribution >= 0.6 is 0 Å². The molecule has 5 nitrogen and oxygen atoms in total. The number of benzene rings is 2. The summed E-state index contributed by atoms with van der Waals surface area (Å²) in [5.74, 6) is -0.129. The Labute approximate surface area is 159 Å². The van der Waals surface area contributed by atoms with Crippen molar-refractivity contribution < 1.29 is 18.0 Å². The van der Waals surface area contributed by atoms with E-state index >= 15 is 0 Å². The lowest BCUT2D eigenvalue weighted by Gasteiger charge is -2.14. The van der Waals surface area contributed by atoms with E-state index in [1.165, 1.54) is 24.3 Å². The third-order valence-corrected chi connectivity index (χ3v) is 3.96. The van der Waals surface area contributed by atoms with Crippen LogP contribution in [0.2, 0.25) is 0 Å². The summed E-state index contributed by atoms with van der Waals surface area (Å²) in [4.78, 5) is 20.7. The average molecular weight is 386 g/mol. The van der Waals surface area contributed by atoms with E-state index in [4.69, 9.17) is 0 Å². The van der Waals surface area contributed by atoms with Crippen molar-refractivity contribution >= 4 is 23.1 Å². The Morgan fingerprint density at radius 3 is 2.25 bits per heavy atom. The van der Waals surface area contributed by atoms with Crippen molar-refractivity contribution in [2.75, 3.05) is 10.6 Å². The molecule has 144 valence electrons. The number of alkyl halides is 3. The van der Waals surface area contributed by atoms with Crippen LogP contribution < -0.4 is 10.6 Å². The van der Waals surface area contributed by atoms with Crippen LogP contribution in [-0.4, -0.2) is 15.9 Å². The minimum Gasteiger partial charge on any atom is -0.340 e. The summed E-state index contributed by atoms with van der Waals surface area (Å²) in [5.41, 5.74) is 0.568. The quantitative estimate of drug-likeness (QED) is 0.654. The number of carbonyl (C=O) groups is 1. The van der Waals surface area contributed by atoms with Gasteiger partial charge in [0.15, 0.2) is 0 Å². The summed E-state index contributed by atoms with van der Waals surface area (Å²) >= 11 is 0. The van der Waals surface area contributed by atoms with E-state index in [-0.39, 0.29) is 23.0 Å². The van der Waals surface area contributed by atoms with Crippen molar-refractivity contribution in [3.63, 3.8) is 0 Å². The van der Waals surface area contributed by atoms with Crippen LogP contribution in [0.3, 0.4) is 0 Å². The fraction of sp³-hybridized carbons (Fsp3) is 0.150. The van der Waals surface area contributed by atoms with Gasteiger partial charge in [-0.25, -0.2) is 9.97 Å². The second kappa shape index (κ2) is 7.67. The third-order valence-electron chi connectivity index (χ3n) is 3.96. The second-order valence-electron chi connectivity index (χ2n) is 6.12. The minimum absolute atomic E-state index is 0.0442. The van der Waals surface area contributed by atoms with E-state index < -0.39 is 17.6 Å². The fourth-order valence-corrected chi connectivity index (χ4v) is 2.62. The number of halogens is 3. The highest BCUT2D eigenvalue weighted by molar-refractivity contribution is 6.03. The zero-order valence-corrected chi connectivity index (χ0v) is 15.1. The molecule has 1 amide bonds. The Morgan fingerprint density at radius 1 is 0.929 bits per heavy atom. The summed E-state index contributed by atoms with van der Waals surface area (Å²) in [6, 6.07) is 13.6. The molecule has 3 rings (SSSR count). The molecule has 0 aliphatic carbocycles. The Kier molecular flexibility index (Phi) is 5.30. The zero-order chi connectivity index (χ0) is 20.3. The molecule has 2 aromatic carbocycles. The number of nitrogens with one attached hydrogen (secondary N) is 2. The van der Waals surface area contributed by atoms with Gasteiger partial charge in [0, 0.05) is 11.8 Å². The maximum absolute atomic E-state index is 13.2. The Hall–Kier alpha value is -3.42. The number of aryl methyl sites for hydroxylation is 2. The van der Waals surface area contributed by atoms with Crippen molar-refractivity contribution in [3.8, 4) is 0 Å². The lowest BCUT2D eigenvalue weighted by atomic mass is 10.1. The highest BCUT2D eigenvalue weighted by Crippen LogP contribution is 2.35. The predicted octanol–water partition coefficient (Wildman–Crippen LogP) is 5.11. The van der Waals surface area contributed by atoms with E-state index in [0.29, 0.717) is 5.69 Å². The molecule has 8 heteroatoms. The lowest BCUT2D eigenvalue weighted by Crippen LogP contribution is -2.16. The SMILES string of the molecule is Cc1nc(Nc2ccccc2C(F)(F)F)cc(C(=O)Nc2ccccc2C)n1. The van der Waals surface area contributed by atoms with Gasteiger partial charge in [-0.3, -0.25) is 4.79 Å². The van der Waals surface area contributed by atoms with E-state index in [1.54, 1.807) is 19.1 Å². The van der Waals surface area contributed by atoms with Crippen molar-refractivity contribution in [1.82, 2.24) is 9.97 Å². The van der Waals surface area contributed by atoms with Gasteiger partial charge in [-0.05, 0) is 37.6 Å². The van der Waals surface area contributed by atoms with Crippen molar-refractivity contribution in [2.24, 2.45) is 0 Å². The number of rotatable bonds is 4. The summed E-state index contributed by atoms with van der Waals surface area (Å²) in [6.45, 7) is 3.41. The first kappa shape index (κ1) is 19.3. The van der Waals surface area contributed by atoms with Gasteiger partial charge >= 0.3 is 6.18 Å². The molecule has 0 fully saturated rings. The van der Waals surface area contributed by atoms with E-state index in [2.05, 4.69) is 20.6 Å². The van der Waals surface area contributed by atoms with E-state index in [9.17, 15) is 18.0 Å². The predicted molar refractivity (Wildman–Crippen MR) is 101 cm³/mol. The molecule has 2 N–H and O–H groups in total. The number of hydrogen-bond donors (Lipinski definition) is 2. The number of carbonyl (C=O) groups excluding carboxylic acids is 1. The zero-order valence-electron chi connectivity index (χ0n) is 15.1. The van der Waals surface area contributed by atoms with E-state index in [1.807, 2.05) is 19.1 Å². The van der Waals surface area contributed by atoms with Crippen LogP contribution in [0.15, 0.2) is 54.6 Å². The first-order valence-corrected chi connectivity index (χ1v) is 8.40. The van der Waals surface area contributed by atoms with Gasteiger partial charge in [-0.2, -0.15) is 13.2 Å². The summed E-state index contributed by atoms with van der Waals surface area (Å²) in [7, 11) is 0. The number of aromatic nitrogens is 2. The molecular formula is C20H17F3N4O. The molecule has 0 saturated carbocycles. The number of nitrogens with zero attached hydrogens (tertiary/aromatic N) is 2. The molecule has 0 unspecified atom stereocenters. The molecule has 3 aromatic rings. The molecule has 0 aliphatic rings. The summed E-state index contributed by atoms with van der Waals surface area (Å²) < 4.78 is 39.5. The van der Waals surface area contributed by atoms with Crippen LogP contribution in [0, 0.1) is 13.8 Å². The van der Waals surface area contributed by atoms with Gasteiger partial charge in [0.25, 0.3) is 5.91 Å². The number of amides is 1. The fourth-order valence-electron chi connectivity index (χ4n) is 2.62. The largest absolute Gasteiger partial charge is 0.418 e. The van der Waals surface area contributed by atoms with Crippen molar-refractivity contribution in [1.29, 1.82) is 0 Å². The lowest BCUT2D eigenvalue weighted by molar-refractivity contribution is -0.136. The van der Waals surface area contributed by atoms with Crippen molar-refractivity contribution in [2.45, 2.75) is 20.0 Å². The highest BCUT2D eigenvalue weighted by Gasteiger charge is 2.33. The standard InChI is InChI=1S/C20H17F3N4O/c1-12-7-3-5-9-15(12)27-19(28)17-11-18(25-13(2)24-17)26-16-10-6-4-8-14(16)20(21,22)23/h3-11H,1-2H3,(H,27,28)(H,24,25,26). The minimum atomic E-state index is -4.52. The molecule has 0 aliphatic heterocycles. The van der Waals surface area contributed by atoms with Gasteiger partial charge in [0.05, 0.1) is 11.3 Å². The number of hydrogen-bond acceptors (Lipinski definition) is 4. The van der Waals surface area contributed by atoms with Gasteiger partial charge in [0.1, 0.15) is 17.3 Å². The summed E-state index contributed by atoms with van der Waals surface area (Å²) in [6.07, 6.45) is -4.52. The first-order chi connectivity index (χ1) is 13.2. The molecular weight excluding hydrogens is 369 g/mol. The molecule has 1 heterocycles. The second-order valence-corrected chi connectivity index (χ2v) is 6.12. The normalized spacial score (nSPS) is 11.2. The molecule has 1 aromatic heterocycles. The topological polar surface area (TPSA) is 66.9 Å².